The molecule has 0 N–H and O–H groups in total. The summed E-state index contributed by atoms with van der Waals surface area (Å²) in [6.07, 6.45) is 0. The normalized spacial score (nSPS) is 15.2. The molecule has 0 unspecified atom stereocenters. The number of nitrogens with zero attached hydrogens (tertiary/aromatic N) is 1. The Kier molecular flexibility index (Phi) is 5.05. The van der Waals surface area contributed by atoms with Gasteiger partial charge in [0.25, 0.3) is 11.8 Å². The molecule has 4 heteroatoms. The van der Waals surface area contributed by atoms with Gasteiger partial charge in [0.15, 0.2) is 0 Å². The Morgan fingerprint density at radius 3 is 2.04 bits per heavy atom. The molecule has 0 aliphatic carbocycles. The van der Waals surface area contributed by atoms with Crippen molar-refractivity contribution < 1.29 is 9.59 Å². The standard InChI is InChI=1S/C22H23NO2S/c1-5-26-19-18(15-9-7-6-8-10-15)20(24)23(21(19)25)17-13-11-16(12-14-17)22(2,3)4/h6-14H,5H2,1-4H3. The fraction of sp³-hybridized carbons (Fsp3) is 0.273. The van der Waals surface area contributed by atoms with Gasteiger partial charge in [-0.05, 0) is 34.4 Å². The Hall–Kier alpha value is -2.33. The Bertz CT molecular complexity index is 861. The first-order valence-electron chi connectivity index (χ1n) is 8.76. The molecule has 3 rings (SSSR count). The molecule has 2 aromatic rings. The third-order valence-corrected chi connectivity index (χ3v) is 5.34. The van der Waals surface area contributed by atoms with Gasteiger partial charge in [-0.1, -0.05) is 70.2 Å². The average molecular weight is 365 g/mol. The zero-order valence-electron chi connectivity index (χ0n) is 15.6. The molecule has 1 heterocycles. The zero-order chi connectivity index (χ0) is 18.9. The van der Waals surface area contributed by atoms with Crippen molar-refractivity contribution in [2.45, 2.75) is 33.1 Å². The second-order valence-electron chi connectivity index (χ2n) is 7.25. The van der Waals surface area contributed by atoms with Crippen LogP contribution in [0.2, 0.25) is 0 Å². The smallest absolute Gasteiger partial charge is 0.268 e. The summed E-state index contributed by atoms with van der Waals surface area (Å²) in [6.45, 7) is 8.40. The minimum absolute atomic E-state index is 0.0221. The largest absolute Gasteiger partial charge is 0.272 e. The van der Waals surface area contributed by atoms with Gasteiger partial charge in [0.1, 0.15) is 0 Å². The van der Waals surface area contributed by atoms with Crippen LogP contribution in [0.5, 0.6) is 0 Å². The number of amides is 2. The number of imide groups is 1. The predicted molar refractivity (Wildman–Crippen MR) is 109 cm³/mol. The summed E-state index contributed by atoms with van der Waals surface area (Å²) in [5.41, 5.74) is 3.10. The van der Waals surface area contributed by atoms with Gasteiger partial charge in [0, 0.05) is 0 Å². The van der Waals surface area contributed by atoms with Crippen molar-refractivity contribution in [1.29, 1.82) is 0 Å². The molecule has 2 aromatic carbocycles. The van der Waals surface area contributed by atoms with E-state index in [0.717, 1.165) is 11.3 Å². The molecule has 0 spiro atoms. The van der Waals surface area contributed by atoms with E-state index in [1.54, 1.807) is 0 Å². The Morgan fingerprint density at radius 2 is 1.50 bits per heavy atom. The van der Waals surface area contributed by atoms with Gasteiger partial charge in [-0.15, -0.1) is 11.8 Å². The van der Waals surface area contributed by atoms with Gasteiger partial charge in [0.05, 0.1) is 16.2 Å². The second kappa shape index (κ2) is 7.12. The lowest BCUT2D eigenvalue weighted by atomic mass is 9.87. The van der Waals surface area contributed by atoms with Crippen molar-refractivity contribution in [3.05, 3.63) is 70.6 Å². The van der Waals surface area contributed by atoms with Gasteiger partial charge in [0.2, 0.25) is 0 Å². The van der Waals surface area contributed by atoms with Crippen LogP contribution in [0.1, 0.15) is 38.8 Å². The highest BCUT2D eigenvalue weighted by atomic mass is 32.2. The van der Waals surface area contributed by atoms with Crippen LogP contribution in [-0.2, 0) is 15.0 Å². The molecule has 134 valence electrons. The number of rotatable bonds is 4. The molecule has 1 aliphatic heterocycles. The molecule has 3 nitrogen and oxygen atoms in total. The second-order valence-corrected chi connectivity index (χ2v) is 8.52. The number of anilines is 1. The van der Waals surface area contributed by atoms with Crippen LogP contribution in [0.4, 0.5) is 5.69 Å². The van der Waals surface area contributed by atoms with Crippen LogP contribution in [0.25, 0.3) is 5.57 Å². The van der Waals surface area contributed by atoms with Crippen LogP contribution < -0.4 is 4.90 Å². The summed E-state index contributed by atoms with van der Waals surface area (Å²) < 4.78 is 0. The summed E-state index contributed by atoms with van der Waals surface area (Å²) in [4.78, 5) is 27.9. The zero-order valence-corrected chi connectivity index (χ0v) is 16.4. The van der Waals surface area contributed by atoms with Crippen LogP contribution >= 0.6 is 11.8 Å². The summed E-state index contributed by atoms with van der Waals surface area (Å²) in [5.74, 6) is 0.256. The first kappa shape index (κ1) is 18.5. The van der Waals surface area contributed by atoms with Crippen molar-refractivity contribution >= 4 is 34.8 Å². The van der Waals surface area contributed by atoms with E-state index in [2.05, 4.69) is 20.8 Å². The molecule has 0 radical (unpaired) electrons. The molecule has 0 aromatic heterocycles. The summed E-state index contributed by atoms with van der Waals surface area (Å²) in [5, 5.41) is 0. The van der Waals surface area contributed by atoms with Crippen LogP contribution in [0, 0.1) is 0 Å². The van der Waals surface area contributed by atoms with E-state index in [4.69, 9.17) is 0 Å². The minimum Gasteiger partial charge on any atom is -0.268 e. The minimum atomic E-state index is -0.249. The quantitative estimate of drug-likeness (QED) is 0.714. The van der Waals surface area contributed by atoms with E-state index in [1.165, 1.54) is 22.2 Å². The van der Waals surface area contributed by atoms with Crippen molar-refractivity contribution in [2.24, 2.45) is 0 Å². The number of benzene rings is 2. The number of hydrogen-bond donors (Lipinski definition) is 0. The summed E-state index contributed by atoms with van der Waals surface area (Å²) in [7, 11) is 0. The number of carbonyl (C=O) groups is 2. The highest BCUT2D eigenvalue weighted by Crippen LogP contribution is 2.38. The van der Waals surface area contributed by atoms with E-state index in [1.807, 2.05) is 61.5 Å². The molecule has 1 aliphatic rings. The third-order valence-electron chi connectivity index (χ3n) is 4.38. The van der Waals surface area contributed by atoms with Gasteiger partial charge in [-0.25, -0.2) is 4.90 Å². The molecule has 26 heavy (non-hydrogen) atoms. The first-order chi connectivity index (χ1) is 12.3. The van der Waals surface area contributed by atoms with Gasteiger partial charge < -0.3 is 0 Å². The fourth-order valence-electron chi connectivity index (χ4n) is 2.99. The maximum absolute atomic E-state index is 13.1. The van der Waals surface area contributed by atoms with Crippen molar-refractivity contribution in [2.75, 3.05) is 10.7 Å². The molecule has 0 atom stereocenters. The van der Waals surface area contributed by atoms with Crippen molar-refractivity contribution in [1.82, 2.24) is 0 Å². The topological polar surface area (TPSA) is 37.4 Å². The lowest BCUT2D eigenvalue weighted by Crippen LogP contribution is -2.31. The maximum Gasteiger partial charge on any atom is 0.272 e. The molecular weight excluding hydrogens is 342 g/mol. The average Bonchev–Trinajstić information content (AvgIpc) is 2.86. The predicted octanol–water partition coefficient (Wildman–Crippen LogP) is 5.02. The van der Waals surface area contributed by atoms with Crippen LogP contribution in [-0.4, -0.2) is 17.6 Å². The van der Waals surface area contributed by atoms with Crippen LogP contribution in [0.15, 0.2) is 59.5 Å². The number of hydrogen-bond acceptors (Lipinski definition) is 3. The lowest BCUT2D eigenvalue weighted by Gasteiger charge is -2.21. The molecule has 0 saturated heterocycles. The molecule has 0 saturated carbocycles. The van der Waals surface area contributed by atoms with E-state index >= 15 is 0 Å². The molecule has 0 fully saturated rings. The number of thioether (sulfide) groups is 1. The monoisotopic (exact) mass is 365 g/mol. The van der Waals surface area contributed by atoms with Crippen molar-refractivity contribution in [3.8, 4) is 0 Å². The highest BCUT2D eigenvalue weighted by molar-refractivity contribution is 8.04. The Balaban J connectivity index is 2.02. The van der Waals surface area contributed by atoms with Gasteiger partial charge in [-0.2, -0.15) is 0 Å². The Labute approximate surface area is 159 Å². The first-order valence-corrected chi connectivity index (χ1v) is 9.75. The SMILES string of the molecule is CCSC1=C(c2ccccc2)C(=O)N(c2ccc(C(C)(C)C)cc2)C1=O. The van der Waals surface area contributed by atoms with Gasteiger partial charge >= 0.3 is 0 Å². The fourth-order valence-corrected chi connectivity index (χ4v) is 3.85. The van der Waals surface area contributed by atoms with E-state index in [0.29, 0.717) is 16.2 Å². The van der Waals surface area contributed by atoms with E-state index in [9.17, 15) is 9.59 Å². The summed E-state index contributed by atoms with van der Waals surface area (Å²) >= 11 is 1.43. The van der Waals surface area contributed by atoms with E-state index in [-0.39, 0.29) is 17.2 Å². The summed E-state index contributed by atoms with van der Waals surface area (Å²) in [6, 6.07) is 17.1. The molecule has 2 amide bonds. The highest BCUT2D eigenvalue weighted by Gasteiger charge is 2.39. The molecule has 0 bridgehead atoms. The molecular formula is C22H23NO2S. The van der Waals surface area contributed by atoms with E-state index < -0.39 is 0 Å². The third kappa shape index (κ3) is 3.34. The lowest BCUT2D eigenvalue weighted by molar-refractivity contribution is -0.119. The maximum atomic E-state index is 13.1. The Morgan fingerprint density at radius 1 is 0.885 bits per heavy atom. The van der Waals surface area contributed by atoms with Crippen molar-refractivity contribution in [3.63, 3.8) is 0 Å². The van der Waals surface area contributed by atoms with Crippen LogP contribution in [0.3, 0.4) is 0 Å². The number of carbonyl (C=O) groups excluding carboxylic acids is 2. The van der Waals surface area contributed by atoms with Gasteiger partial charge in [-0.3, -0.25) is 9.59 Å².